The third-order valence-electron chi connectivity index (χ3n) is 2.46. The Balaban J connectivity index is 1.79. The molecule has 0 atom stereocenters. The molecule has 0 aliphatic carbocycles. The molecule has 0 unspecified atom stereocenters. The van der Waals surface area contributed by atoms with Crippen molar-refractivity contribution in [1.29, 1.82) is 0 Å². The zero-order chi connectivity index (χ0) is 12.8. The molecule has 0 saturated heterocycles. The predicted octanol–water partition coefficient (Wildman–Crippen LogP) is 1.21. The number of hydrogen-bond donors (Lipinski definition) is 2. The highest BCUT2D eigenvalue weighted by Crippen LogP contribution is 2.09. The lowest BCUT2D eigenvalue weighted by Crippen LogP contribution is -2.12. The first-order valence-corrected chi connectivity index (χ1v) is 6.11. The standard InChI is InChI=1S/C12H15ClN4O/c13-11-3-1-10(2-4-11)7-14-8-12-9-17(5-6-18)16-15-12/h1-4,9,14,18H,5-8H2. The Morgan fingerprint density at radius 1 is 1.22 bits per heavy atom. The molecule has 1 aromatic heterocycles. The second-order valence-electron chi connectivity index (χ2n) is 3.93. The van der Waals surface area contributed by atoms with E-state index in [4.69, 9.17) is 16.7 Å². The van der Waals surface area contributed by atoms with E-state index in [9.17, 15) is 0 Å². The highest BCUT2D eigenvalue weighted by Gasteiger charge is 2.00. The van der Waals surface area contributed by atoms with Gasteiger partial charge in [0, 0.05) is 24.3 Å². The summed E-state index contributed by atoms with van der Waals surface area (Å²) in [7, 11) is 0. The summed E-state index contributed by atoms with van der Waals surface area (Å²) >= 11 is 5.81. The molecule has 18 heavy (non-hydrogen) atoms. The number of rotatable bonds is 6. The molecule has 2 rings (SSSR count). The van der Waals surface area contributed by atoms with Crippen LogP contribution in [0.4, 0.5) is 0 Å². The zero-order valence-electron chi connectivity index (χ0n) is 9.88. The fraction of sp³-hybridized carbons (Fsp3) is 0.333. The van der Waals surface area contributed by atoms with Gasteiger partial charge in [0.1, 0.15) is 0 Å². The van der Waals surface area contributed by atoms with Crippen LogP contribution in [0.5, 0.6) is 0 Å². The number of aliphatic hydroxyl groups excluding tert-OH is 1. The molecule has 1 aromatic carbocycles. The van der Waals surface area contributed by atoms with E-state index < -0.39 is 0 Å². The van der Waals surface area contributed by atoms with Crippen LogP contribution in [-0.2, 0) is 19.6 Å². The maximum atomic E-state index is 8.76. The molecule has 6 heteroatoms. The molecular weight excluding hydrogens is 252 g/mol. The van der Waals surface area contributed by atoms with Crippen LogP contribution in [0, 0.1) is 0 Å². The first-order valence-electron chi connectivity index (χ1n) is 5.73. The van der Waals surface area contributed by atoms with Gasteiger partial charge in [-0.1, -0.05) is 28.9 Å². The Kier molecular flexibility index (Phi) is 4.69. The van der Waals surface area contributed by atoms with Gasteiger partial charge in [-0.3, -0.25) is 0 Å². The van der Waals surface area contributed by atoms with Crippen LogP contribution in [0.15, 0.2) is 30.5 Å². The SMILES string of the molecule is OCCn1cc(CNCc2ccc(Cl)cc2)nn1. The lowest BCUT2D eigenvalue weighted by atomic mass is 10.2. The number of aliphatic hydroxyl groups is 1. The Bertz CT molecular complexity index is 483. The third kappa shape index (κ3) is 3.80. The molecule has 2 aromatic rings. The minimum absolute atomic E-state index is 0.0704. The highest BCUT2D eigenvalue weighted by molar-refractivity contribution is 6.30. The molecule has 0 radical (unpaired) electrons. The first kappa shape index (κ1) is 13.0. The van der Waals surface area contributed by atoms with Crippen molar-refractivity contribution in [3.05, 3.63) is 46.7 Å². The molecule has 0 aliphatic rings. The summed E-state index contributed by atoms with van der Waals surface area (Å²) in [5, 5.41) is 20.7. The monoisotopic (exact) mass is 266 g/mol. The van der Waals surface area contributed by atoms with Crippen LogP contribution in [0.1, 0.15) is 11.3 Å². The molecule has 96 valence electrons. The quantitative estimate of drug-likeness (QED) is 0.825. The van der Waals surface area contributed by atoms with Gasteiger partial charge in [-0.25, -0.2) is 4.68 Å². The van der Waals surface area contributed by atoms with E-state index in [2.05, 4.69) is 15.6 Å². The van der Waals surface area contributed by atoms with Crippen molar-refractivity contribution in [3.63, 3.8) is 0 Å². The van der Waals surface area contributed by atoms with E-state index in [-0.39, 0.29) is 6.61 Å². The molecule has 0 spiro atoms. The van der Waals surface area contributed by atoms with Crippen molar-refractivity contribution in [2.24, 2.45) is 0 Å². The fourth-order valence-electron chi connectivity index (χ4n) is 1.57. The first-order chi connectivity index (χ1) is 8.78. The van der Waals surface area contributed by atoms with E-state index in [1.807, 2.05) is 30.5 Å². The molecule has 0 bridgehead atoms. The number of nitrogens with zero attached hydrogens (tertiary/aromatic N) is 3. The Hall–Kier alpha value is -1.43. The lowest BCUT2D eigenvalue weighted by Gasteiger charge is -2.02. The number of aromatic nitrogens is 3. The van der Waals surface area contributed by atoms with Crippen LogP contribution in [0.3, 0.4) is 0 Å². The molecule has 0 fully saturated rings. The third-order valence-corrected chi connectivity index (χ3v) is 2.72. The van der Waals surface area contributed by atoms with Crippen LogP contribution in [-0.4, -0.2) is 26.7 Å². The largest absolute Gasteiger partial charge is 0.394 e. The minimum Gasteiger partial charge on any atom is -0.394 e. The van der Waals surface area contributed by atoms with Gasteiger partial charge in [0.05, 0.1) is 18.8 Å². The van der Waals surface area contributed by atoms with Gasteiger partial charge in [0.25, 0.3) is 0 Å². The van der Waals surface area contributed by atoms with Crippen molar-refractivity contribution in [2.45, 2.75) is 19.6 Å². The van der Waals surface area contributed by atoms with Gasteiger partial charge in [0.15, 0.2) is 0 Å². The molecule has 2 N–H and O–H groups in total. The highest BCUT2D eigenvalue weighted by atomic mass is 35.5. The normalized spacial score (nSPS) is 10.8. The summed E-state index contributed by atoms with van der Waals surface area (Å²) in [5.74, 6) is 0. The number of hydrogen-bond acceptors (Lipinski definition) is 4. The smallest absolute Gasteiger partial charge is 0.0964 e. The molecule has 0 saturated carbocycles. The summed E-state index contributed by atoms with van der Waals surface area (Å²) in [6.07, 6.45) is 1.82. The fourth-order valence-corrected chi connectivity index (χ4v) is 1.69. The van der Waals surface area contributed by atoms with Crippen molar-refractivity contribution in [2.75, 3.05) is 6.61 Å². The zero-order valence-corrected chi connectivity index (χ0v) is 10.6. The second-order valence-corrected chi connectivity index (χ2v) is 4.36. The molecule has 5 nitrogen and oxygen atoms in total. The summed E-state index contributed by atoms with van der Waals surface area (Å²) in [6.45, 7) is 1.95. The van der Waals surface area contributed by atoms with Gasteiger partial charge in [-0.05, 0) is 17.7 Å². The second kappa shape index (κ2) is 6.49. The van der Waals surface area contributed by atoms with Gasteiger partial charge < -0.3 is 10.4 Å². The van der Waals surface area contributed by atoms with Gasteiger partial charge in [-0.15, -0.1) is 5.10 Å². The van der Waals surface area contributed by atoms with Gasteiger partial charge in [0.2, 0.25) is 0 Å². The van der Waals surface area contributed by atoms with Gasteiger partial charge in [-0.2, -0.15) is 0 Å². The number of halogens is 1. The average Bonchev–Trinajstić information content (AvgIpc) is 2.80. The van der Waals surface area contributed by atoms with E-state index in [1.165, 1.54) is 5.56 Å². The Morgan fingerprint density at radius 3 is 2.72 bits per heavy atom. The number of nitrogens with one attached hydrogen (secondary N) is 1. The maximum Gasteiger partial charge on any atom is 0.0964 e. The van der Waals surface area contributed by atoms with E-state index >= 15 is 0 Å². The lowest BCUT2D eigenvalue weighted by molar-refractivity contribution is 0.268. The van der Waals surface area contributed by atoms with Gasteiger partial charge >= 0.3 is 0 Å². The minimum atomic E-state index is 0.0704. The van der Waals surface area contributed by atoms with Crippen LogP contribution in [0.2, 0.25) is 5.02 Å². The average molecular weight is 267 g/mol. The van der Waals surface area contributed by atoms with Crippen molar-refractivity contribution < 1.29 is 5.11 Å². The van der Waals surface area contributed by atoms with E-state index in [1.54, 1.807) is 4.68 Å². The Labute approximate surface area is 110 Å². The number of benzene rings is 1. The molecule has 0 aliphatic heterocycles. The van der Waals surface area contributed by atoms with E-state index in [0.29, 0.717) is 13.1 Å². The summed E-state index contributed by atoms with van der Waals surface area (Å²) in [6, 6.07) is 7.71. The Morgan fingerprint density at radius 2 is 2.00 bits per heavy atom. The molecule has 1 heterocycles. The van der Waals surface area contributed by atoms with E-state index in [0.717, 1.165) is 17.3 Å². The summed E-state index contributed by atoms with van der Waals surface area (Å²) < 4.78 is 1.62. The topological polar surface area (TPSA) is 63.0 Å². The van der Waals surface area contributed by atoms with Crippen molar-refractivity contribution >= 4 is 11.6 Å². The van der Waals surface area contributed by atoms with Crippen LogP contribution < -0.4 is 5.32 Å². The summed E-state index contributed by atoms with van der Waals surface area (Å²) in [5.41, 5.74) is 2.03. The van der Waals surface area contributed by atoms with Crippen LogP contribution in [0.25, 0.3) is 0 Å². The summed E-state index contributed by atoms with van der Waals surface area (Å²) in [4.78, 5) is 0. The van der Waals surface area contributed by atoms with Crippen LogP contribution >= 0.6 is 11.6 Å². The van der Waals surface area contributed by atoms with Crippen molar-refractivity contribution in [1.82, 2.24) is 20.3 Å². The maximum absolute atomic E-state index is 8.76. The van der Waals surface area contributed by atoms with Crippen molar-refractivity contribution in [3.8, 4) is 0 Å². The molecular formula is C12H15ClN4O. The molecule has 0 amide bonds. The predicted molar refractivity (Wildman–Crippen MR) is 69.1 cm³/mol.